The molecular formula is C23H19BrN4O. The van der Waals surface area contributed by atoms with Gasteiger partial charge in [-0.05, 0) is 61.4 Å². The van der Waals surface area contributed by atoms with Crippen molar-refractivity contribution in [2.45, 2.75) is 13.8 Å². The fourth-order valence-electron chi connectivity index (χ4n) is 2.95. The highest BCUT2D eigenvalue weighted by atomic mass is 79.9. The average Bonchev–Trinajstić information content (AvgIpc) is 3.18. The molecule has 1 N–H and O–H groups in total. The van der Waals surface area contributed by atoms with Gasteiger partial charge in [-0.25, -0.2) is 9.67 Å². The molecule has 1 aromatic heterocycles. The summed E-state index contributed by atoms with van der Waals surface area (Å²) in [6, 6.07) is 23.2. The highest BCUT2D eigenvalue weighted by Crippen LogP contribution is 2.23. The molecule has 3 aromatic carbocycles. The van der Waals surface area contributed by atoms with Crippen molar-refractivity contribution in [1.29, 1.82) is 0 Å². The maximum absolute atomic E-state index is 12.8. The van der Waals surface area contributed by atoms with E-state index < -0.39 is 0 Å². The Bertz CT molecular complexity index is 1170. The molecule has 144 valence electrons. The molecule has 0 spiro atoms. The first-order valence-corrected chi connectivity index (χ1v) is 9.97. The molecule has 0 radical (unpaired) electrons. The number of para-hydroxylation sites is 1. The molecular weight excluding hydrogens is 428 g/mol. The third kappa shape index (κ3) is 4.12. The molecule has 0 aliphatic carbocycles. The zero-order valence-corrected chi connectivity index (χ0v) is 17.6. The summed E-state index contributed by atoms with van der Waals surface area (Å²) in [6.45, 7) is 4.05. The van der Waals surface area contributed by atoms with Crippen molar-refractivity contribution in [3.8, 4) is 17.1 Å². The first-order chi connectivity index (χ1) is 14.0. The van der Waals surface area contributed by atoms with Gasteiger partial charge in [-0.15, -0.1) is 5.10 Å². The fourth-order valence-corrected chi connectivity index (χ4v) is 3.21. The molecule has 1 amide bonds. The number of amides is 1. The van der Waals surface area contributed by atoms with Gasteiger partial charge in [-0.2, -0.15) is 0 Å². The SMILES string of the molecule is Cc1ccc(NC(=O)c2nc(-c3ccc(Br)cc3)n(-c3ccccc3)n2)cc1C. The van der Waals surface area contributed by atoms with Gasteiger partial charge in [0.25, 0.3) is 5.91 Å². The van der Waals surface area contributed by atoms with Crippen LogP contribution in [0, 0.1) is 13.8 Å². The molecule has 0 saturated heterocycles. The number of nitrogens with zero attached hydrogens (tertiary/aromatic N) is 3. The number of anilines is 1. The van der Waals surface area contributed by atoms with E-state index in [1.807, 2.05) is 86.6 Å². The Morgan fingerprint density at radius 3 is 2.34 bits per heavy atom. The van der Waals surface area contributed by atoms with E-state index in [9.17, 15) is 4.79 Å². The Morgan fingerprint density at radius 1 is 0.931 bits per heavy atom. The third-order valence-electron chi connectivity index (χ3n) is 4.68. The normalized spacial score (nSPS) is 10.7. The number of nitrogens with one attached hydrogen (secondary N) is 1. The highest BCUT2D eigenvalue weighted by molar-refractivity contribution is 9.10. The zero-order chi connectivity index (χ0) is 20.4. The molecule has 4 rings (SSSR count). The van der Waals surface area contributed by atoms with E-state index in [4.69, 9.17) is 0 Å². The van der Waals surface area contributed by atoms with E-state index in [0.717, 1.165) is 27.0 Å². The molecule has 0 aliphatic rings. The Morgan fingerprint density at radius 2 is 1.66 bits per heavy atom. The second-order valence-corrected chi connectivity index (χ2v) is 7.68. The van der Waals surface area contributed by atoms with Gasteiger partial charge < -0.3 is 5.32 Å². The number of halogens is 1. The maximum Gasteiger partial charge on any atom is 0.295 e. The van der Waals surface area contributed by atoms with Crippen molar-refractivity contribution in [3.05, 3.63) is 94.2 Å². The smallest absolute Gasteiger partial charge is 0.295 e. The van der Waals surface area contributed by atoms with Crippen LogP contribution < -0.4 is 5.32 Å². The number of carbonyl (C=O) groups excluding carboxylic acids is 1. The Hall–Kier alpha value is -3.25. The summed E-state index contributed by atoms with van der Waals surface area (Å²) in [4.78, 5) is 17.4. The van der Waals surface area contributed by atoms with Crippen molar-refractivity contribution < 1.29 is 4.79 Å². The lowest BCUT2D eigenvalue weighted by Gasteiger charge is -2.06. The summed E-state index contributed by atoms with van der Waals surface area (Å²) < 4.78 is 2.66. The second-order valence-electron chi connectivity index (χ2n) is 6.77. The number of aromatic nitrogens is 3. The molecule has 29 heavy (non-hydrogen) atoms. The Balaban J connectivity index is 1.73. The number of hydrogen-bond acceptors (Lipinski definition) is 3. The van der Waals surface area contributed by atoms with Crippen molar-refractivity contribution in [3.63, 3.8) is 0 Å². The first kappa shape index (κ1) is 19.1. The molecule has 0 fully saturated rings. The van der Waals surface area contributed by atoms with Crippen LogP contribution >= 0.6 is 15.9 Å². The maximum atomic E-state index is 12.8. The summed E-state index contributed by atoms with van der Waals surface area (Å²) >= 11 is 3.45. The Labute approximate surface area is 177 Å². The molecule has 0 saturated carbocycles. The summed E-state index contributed by atoms with van der Waals surface area (Å²) in [6.07, 6.45) is 0. The van der Waals surface area contributed by atoms with Gasteiger partial charge in [0.05, 0.1) is 5.69 Å². The van der Waals surface area contributed by atoms with Crippen LogP contribution in [0.3, 0.4) is 0 Å². The number of aryl methyl sites for hydroxylation is 2. The van der Waals surface area contributed by atoms with Crippen LogP contribution in [0.1, 0.15) is 21.7 Å². The molecule has 0 bridgehead atoms. The van der Waals surface area contributed by atoms with Crippen LogP contribution in [0.2, 0.25) is 0 Å². The predicted octanol–water partition coefficient (Wildman–Crippen LogP) is 5.57. The van der Waals surface area contributed by atoms with Gasteiger partial charge in [0.15, 0.2) is 5.82 Å². The topological polar surface area (TPSA) is 59.8 Å². The lowest BCUT2D eigenvalue weighted by atomic mass is 10.1. The summed E-state index contributed by atoms with van der Waals surface area (Å²) in [7, 11) is 0. The van der Waals surface area contributed by atoms with Crippen LogP contribution in [0.5, 0.6) is 0 Å². The second kappa shape index (κ2) is 8.01. The van der Waals surface area contributed by atoms with Crippen molar-refractivity contribution in [1.82, 2.24) is 14.8 Å². The van der Waals surface area contributed by atoms with E-state index in [2.05, 4.69) is 31.3 Å². The van der Waals surface area contributed by atoms with Gasteiger partial charge in [0.2, 0.25) is 5.82 Å². The van der Waals surface area contributed by atoms with Gasteiger partial charge in [-0.3, -0.25) is 4.79 Å². The van der Waals surface area contributed by atoms with Crippen LogP contribution in [0.25, 0.3) is 17.1 Å². The van der Waals surface area contributed by atoms with Crippen LogP contribution in [-0.4, -0.2) is 20.7 Å². The molecule has 0 aliphatic heterocycles. The first-order valence-electron chi connectivity index (χ1n) is 9.18. The summed E-state index contributed by atoms with van der Waals surface area (Å²) in [5, 5.41) is 7.39. The highest BCUT2D eigenvalue weighted by Gasteiger charge is 2.19. The molecule has 6 heteroatoms. The third-order valence-corrected chi connectivity index (χ3v) is 5.21. The van der Waals surface area contributed by atoms with Crippen LogP contribution in [-0.2, 0) is 0 Å². The monoisotopic (exact) mass is 446 g/mol. The molecule has 5 nitrogen and oxygen atoms in total. The molecule has 0 unspecified atom stereocenters. The van der Waals surface area contributed by atoms with Crippen molar-refractivity contribution >= 4 is 27.5 Å². The number of carbonyl (C=O) groups is 1. The van der Waals surface area contributed by atoms with Gasteiger partial charge in [-0.1, -0.05) is 52.3 Å². The predicted molar refractivity (Wildman–Crippen MR) is 118 cm³/mol. The van der Waals surface area contributed by atoms with Crippen molar-refractivity contribution in [2.24, 2.45) is 0 Å². The number of hydrogen-bond donors (Lipinski definition) is 1. The van der Waals surface area contributed by atoms with Crippen LogP contribution in [0.15, 0.2) is 77.3 Å². The quantitative estimate of drug-likeness (QED) is 0.445. The Kier molecular flexibility index (Phi) is 5.27. The fraction of sp³-hybridized carbons (Fsp3) is 0.0870. The minimum atomic E-state index is -0.346. The summed E-state index contributed by atoms with van der Waals surface area (Å²) in [5.41, 5.74) is 4.71. The van der Waals surface area contributed by atoms with Gasteiger partial charge in [0.1, 0.15) is 0 Å². The molecule has 1 heterocycles. The van der Waals surface area contributed by atoms with Gasteiger partial charge >= 0.3 is 0 Å². The van der Waals surface area contributed by atoms with Crippen LogP contribution in [0.4, 0.5) is 5.69 Å². The standard InChI is InChI=1S/C23H19BrN4O/c1-15-8-13-19(14-16(15)2)25-23(29)21-26-22(17-9-11-18(24)12-10-17)28(27-21)20-6-4-3-5-7-20/h3-14H,1-2H3,(H,25,29). The zero-order valence-electron chi connectivity index (χ0n) is 16.1. The minimum Gasteiger partial charge on any atom is -0.319 e. The minimum absolute atomic E-state index is 0.116. The van der Waals surface area contributed by atoms with E-state index in [-0.39, 0.29) is 11.7 Å². The largest absolute Gasteiger partial charge is 0.319 e. The van der Waals surface area contributed by atoms with E-state index >= 15 is 0 Å². The molecule has 4 aromatic rings. The van der Waals surface area contributed by atoms with E-state index in [1.165, 1.54) is 5.56 Å². The van der Waals surface area contributed by atoms with E-state index in [1.54, 1.807) is 4.68 Å². The lowest BCUT2D eigenvalue weighted by Crippen LogP contribution is -2.14. The van der Waals surface area contributed by atoms with Crippen molar-refractivity contribution in [2.75, 3.05) is 5.32 Å². The van der Waals surface area contributed by atoms with Gasteiger partial charge in [0, 0.05) is 15.7 Å². The number of rotatable bonds is 4. The lowest BCUT2D eigenvalue weighted by molar-refractivity contribution is 0.101. The molecule has 0 atom stereocenters. The van der Waals surface area contributed by atoms with E-state index in [0.29, 0.717) is 5.82 Å². The number of benzene rings is 3. The average molecular weight is 447 g/mol. The summed E-state index contributed by atoms with van der Waals surface area (Å²) in [5.74, 6) is 0.375.